The maximum atomic E-state index is 12.6. The van der Waals surface area contributed by atoms with Crippen LogP contribution in [0.2, 0.25) is 5.02 Å². The Kier molecular flexibility index (Phi) is 6.30. The third-order valence-corrected chi connectivity index (χ3v) is 3.87. The molecular weight excluding hydrogens is 369 g/mol. The van der Waals surface area contributed by atoms with Gasteiger partial charge >= 0.3 is 29.6 Å². The van der Waals surface area contributed by atoms with Gasteiger partial charge in [0.1, 0.15) is 5.69 Å². The number of carbonyl (C=O) groups excluding carboxylic acids is 1. The second-order valence-corrected chi connectivity index (χ2v) is 5.96. The number of carbonyl (C=O) groups is 1. The summed E-state index contributed by atoms with van der Waals surface area (Å²) in [6.45, 7) is 1.48. The van der Waals surface area contributed by atoms with Gasteiger partial charge in [-0.2, -0.15) is 0 Å². The van der Waals surface area contributed by atoms with Gasteiger partial charge in [0.25, 0.3) is 5.56 Å². The van der Waals surface area contributed by atoms with Crippen molar-refractivity contribution in [3.63, 3.8) is 0 Å². The van der Waals surface area contributed by atoms with Crippen LogP contribution in [-0.2, 0) is 11.3 Å². The summed E-state index contributed by atoms with van der Waals surface area (Å²) >= 11 is 5.94. The molecule has 2 heterocycles. The normalized spacial score (nSPS) is 10.4. The van der Waals surface area contributed by atoms with Crippen LogP contribution in [0.4, 0.5) is 5.69 Å². The van der Waals surface area contributed by atoms with E-state index in [0.29, 0.717) is 5.02 Å². The zero-order chi connectivity index (χ0) is 18.1. The van der Waals surface area contributed by atoms with Gasteiger partial charge in [0.15, 0.2) is 11.3 Å². The summed E-state index contributed by atoms with van der Waals surface area (Å²) in [5.74, 6) is -1.16. The van der Waals surface area contributed by atoms with E-state index >= 15 is 0 Å². The second kappa shape index (κ2) is 8.09. The van der Waals surface area contributed by atoms with Crippen LogP contribution in [0.5, 0.6) is 5.75 Å². The fourth-order valence-corrected chi connectivity index (χ4v) is 2.75. The van der Waals surface area contributed by atoms with Crippen molar-refractivity contribution in [1.29, 1.82) is 0 Å². The first kappa shape index (κ1) is 20.3. The molecule has 9 heteroatoms. The summed E-state index contributed by atoms with van der Waals surface area (Å²) in [5, 5.41) is 13.0. The number of hydrogen-bond donors (Lipinski definition) is 2. The summed E-state index contributed by atoms with van der Waals surface area (Å²) in [7, 11) is 0. The Hall–Kier alpha value is -2.06. The van der Waals surface area contributed by atoms with E-state index in [0.717, 1.165) is 5.56 Å². The molecule has 0 bridgehead atoms. The van der Waals surface area contributed by atoms with Gasteiger partial charge in [0.05, 0.1) is 6.54 Å². The van der Waals surface area contributed by atoms with Gasteiger partial charge in [-0.1, -0.05) is 23.7 Å². The molecule has 1 amide bonds. The first-order valence-corrected chi connectivity index (χ1v) is 7.74. The van der Waals surface area contributed by atoms with Gasteiger partial charge < -0.3 is 19.4 Å². The molecule has 1 aromatic carbocycles. The van der Waals surface area contributed by atoms with Crippen LogP contribution >= 0.6 is 11.6 Å². The second-order valence-electron chi connectivity index (χ2n) is 5.52. The summed E-state index contributed by atoms with van der Waals surface area (Å²) < 4.78 is 2.66. The van der Waals surface area contributed by atoms with E-state index < -0.39 is 22.6 Å². The molecule has 26 heavy (non-hydrogen) atoms. The molecule has 0 aliphatic heterocycles. The SMILES string of the molecule is CC(=O)Nc1cn2ccn(Cc3cccc(Cl)c3)c(=O)c2c(O)c1=O.[NaH]. The predicted molar refractivity (Wildman–Crippen MR) is 102 cm³/mol. The molecule has 7 nitrogen and oxygen atoms in total. The standard InChI is InChI=1S/C17H14ClN3O4.Na.H/c1-10(22)19-13-9-20-5-6-21(8-11-3-2-4-12(18)7-11)17(25)14(20)16(24)15(13)23;;/h2-7,9,24H,8H2,1H3,(H,19,22);;. The Bertz CT molecular complexity index is 1110. The Balaban J connectivity index is 0.00000243. The summed E-state index contributed by atoms with van der Waals surface area (Å²) in [5.41, 5.74) is -0.812. The molecule has 0 saturated carbocycles. The molecule has 0 spiro atoms. The van der Waals surface area contributed by atoms with Crippen LogP contribution < -0.4 is 16.3 Å². The Morgan fingerprint density at radius 2 is 2.00 bits per heavy atom. The molecule has 0 saturated heterocycles. The topological polar surface area (TPSA) is 92.8 Å². The monoisotopic (exact) mass is 383 g/mol. The van der Waals surface area contributed by atoms with Crippen molar-refractivity contribution in [2.24, 2.45) is 0 Å². The van der Waals surface area contributed by atoms with Crippen molar-refractivity contribution in [1.82, 2.24) is 8.97 Å². The van der Waals surface area contributed by atoms with Gasteiger partial charge in [-0.3, -0.25) is 14.4 Å². The van der Waals surface area contributed by atoms with Crippen LogP contribution in [0.15, 0.2) is 52.4 Å². The number of hydrogen-bond acceptors (Lipinski definition) is 4. The molecule has 130 valence electrons. The molecule has 2 aromatic heterocycles. The zero-order valence-corrected chi connectivity index (χ0v) is 13.9. The van der Waals surface area contributed by atoms with Gasteiger partial charge in [-0.05, 0) is 17.7 Å². The van der Waals surface area contributed by atoms with E-state index in [1.807, 2.05) is 6.07 Å². The van der Waals surface area contributed by atoms with E-state index in [2.05, 4.69) is 5.32 Å². The minimum atomic E-state index is -0.812. The predicted octanol–water partition coefficient (Wildman–Crippen LogP) is 1.18. The van der Waals surface area contributed by atoms with E-state index in [1.54, 1.807) is 18.2 Å². The number of rotatable bonds is 3. The van der Waals surface area contributed by atoms with Crippen molar-refractivity contribution < 1.29 is 9.90 Å². The molecule has 0 aliphatic rings. The van der Waals surface area contributed by atoms with Crippen molar-refractivity contribution in [2.75, 3.05) is 5.32 Å². The van der Waals surface area contributed by atoms with Crippen LogP contribution in [0, 0.1) is 0 Å². The first-order valence-electron chi connectivity index (χ1n) is 7.36. The molecule has 3 rings (SSSR count). The molecule has 0 fully saturated rings. The minimum absolute atomic E-state index is 0. The third-order valence-electron chi connectivity index (χ3n) is 3.63. The number of nitrogens with zero attached hydrogens (tertiary/aromatic N) is 2. The summed E-state index contributed by atoms with van der Waals surface area (Å²) in [6, 6.07) is 7.03. The summed E-state index contributed by atoms with van der Waals surface area (Å²) in [4.78, 5) is 35.9. The van der Waals surface area contributed by atoms with Crippen molar-refractivity contribution >= 4 is 58.3 Å². The van der Waals surface area contributed by atoms with Gasteiger partial charge in [-0.25, -0.2) is 0 Å². The van der Waals surface area contributed by atoms with Crippen molar-refractivity contribution in [2.45, 2.75) is 13.5 Å². The van der Waals surface area contributed by atoms with Crippen LogP contribution in [0.3, 0.4) is 0 Å². The van der Waals surface area contributed by atoms with Gasteiger partial charge in [0.2, 0.25) is 11.3 Å². The number of anilines is 1. The number of nitrogens with one attached hydrogen (secondary N) is 1. The average Bonchev–Trinajstić information content (AvgIpc) is 2.54. The zero-order valence-electron chi connectivity index (χ0n) is 13.2. The van der Waals surface area contributed by atoms with E-state index in [9.17, 15) is 19.5 Å². The van der Waals surface area contributed by atoms with Crippen molar-refractivity contribution in [3.05, 3.63) is 74.0 Å². The Labute approximate surface area is 175 Å². The summed E-state index contributed by atoms with van der Waals surface area (Å²) in [6.07, 6.45) is 4.34. The first-order chi connectivity index (χ1) is 11.9. The number of aromatic hydroxyl groups is 1. The number of aromatic nitrogens is 2. The van der Waals surface area contributed by atoms with E-state index in [4.69, 9.17) is 11.6 Å². The Morgan fingerprint density at radius 3 is 2.65 bits per heavy atom. The molecule has 0 unspecified atom stereocenters. The molecule has 3 aromatic rings. The van der Waals surface area contributed by atoms with Gasteiger partial charge in [0, 0.05) is 30.5 Å². The number of amides is 1. The number of benzene rings is 1. The van der Waals surface area contributed by atoms with Crippen LogP contribution in [-0.4, -0.2) is 49.5 Å². The quantitative estimate of drug-likeness (QED) is 0.664. The average molecular weight is 384 g/mol. The number of halogens is 1. The van der Waals surface area contributed by atoms with E-state index in [-0.39, 0.29) is 47.3 Å². The molecule has 0 atom stereocenters. The molecular formula is C17H15ClN3NaO4. The van der Waals surface area contributed by atoms with Gasteiger partial charge in [-0.15, -0.1) is 0 Å². The fourth-order valence-electron chi connectivity index (χ4n) is 2.54. The molecule has 2 N–H and O–H groups in total. The fraction of sp³-hybridized carbons (Fsp3) is 0.118. The maximum absolute atomic E-state index is 12.6. The number of pyridine rings is 1. The van der Waals surface area contributed by atoms with E-state index in [1.165, 1.54) is 34.5 Å². The van der Waals surface area contributed by atoms with Crippen LogP contribution in [0.1, 0.15) is 12.5 Å². The van der Waals surface area contributed by atoms with Crippen molar-refractivity contribution in [3.8, 4) is 5.75 Å². The molecule has 0 aliphatic carbocycles. The van der Waals surface area contributed by atoms with Crippen LogP contribution in [0.25, 0.3) is 5.52 Å². The number of fused-ring (bicyclic) bond motifs is 1. The Morgan fingerprint density at radius 1 is 1.27 bits per heavy atom. The molecule has 0 radical (unpaired) electrons. The third kappa shape index (κ3) is 4.02.